The van der Waals surface area contributed by atoms with E-state index in [2.05, 4.69) is 78.0 Å². The van der Waals surface area contributed by atoms with Gasteiger partial charge in [0.2, 0.25) is 0 Å². The second-order valence-electron chi connectivity index (χ2n) is 7.96. The summed E-state index contributed by atoms with van der Waals surface area (Å²) in [6.07, 6.45) is 1.14. The normalized spacial score (nSPS) is 14.0. The zero-order valence-electron chi connectivity index (χ0n) is 14.9. The Kier molecular flexibility index (Phi) is 6.27. The van der Waals surface area contributed by atoms with Gasteiger partial charge in [0.1, 0.15) is 12.4 Å². The molecule has 1 aromatic rings. The van der Waals surface area contributed by atoms with Crippen LogP contribution in [0.15, 0.2) is 24.3 Å². The third-order valence-corrected chi connectivity index (χ3v) is 3.80. The van der Waals surface area contributed by atoms with Crippen LogP contribution in [0.1, 0.15) is 60.5 Å². The minimum absolute atomic E-state index is 0.156. The fourth-order valence-electron chi connectivity index (χ4n) is 2.17. The van der Waals surface area contributed by atoms with Crippen molar-refractivity contribution in [2.45, 2.75) is 66.3 Å². The summed E-state index contributed by atoms with van der Waals surface area (Å²) >= 11 is 0. The largest absolute Gasteiger partial charge is 0.492 e. The van der Waals surface area contributed by atoms with E-state index in [-0.39, 0.29) is 10.8 Å². The molecular weight excluding hydrogens is 258 g/mol. The quantitative estimate of drug-likeness (QED) is 0.814. The van der Waals surface area contributed by atoms with Crippen LogP contribution < -0.4 is 10.1 Å². The summed E-state index contributed by atoms with van der Waals surface area (Å²) in [6, 6.07) is 8.83. The van der Waals surface area contributed by atoms with Crippen LogP contribution in [0.4, 0.5) is 0 Å². The highest BCUT2D eigenvalue weighted by molar-refractivity contribution is 5.32. The lowest BCUT2D eigenvalue weighted by Gasteiger charge is -2.31. The Morgan fingerprint density at radius 3 is 2.29 bits per heavy atom. The molecule has 1 aromatic carbocycles. The Balaban J connectivity index is 2.72. The van der Waals surface area contributed by atoms with Crippen molar-refractivity contribution in [3.05, 3.63) is 29.8 Å². The van der Waals surface area contributed by atoms with E-state index in [0.29, 0.717) is 12.6 Å². The summed E-state index contributed by atoms with van der Waals surface area (Å²) in [7, 11) is 0. The van der Waals surface area contributed by atoms with Crippen molar-refractivity contribution in [2.75, 3.05) is 13.2 Å². The minimum atomic E-state index is 0.156. The molecule has 0 aromatic heterocycles. The summed E-state index contributed by atoms with van der Waals surface area (Å²) in [6.45, 7) is 17.4. The zero-order chi connectivity index (χ0) is 16.1. The molecule has 0 saturated heterocycles. The molecule has 0 fully saturated rings. The van der Waals surface area contributed by atoms with E-state index in [0.717, 1.165) is 18.7 Å². The SMILES string of the molecule is CCCNC(COc1cccc(C(C)(C)C)c1)C(C)(C)C. The molecule has 1 rings (SSSR count). The minimum Gasteiger partial charge on any atom is -0.492 e. The third kappa shape index (κ3) is 6.09. The molecule has 1 atom stereocenters. The first-order valence-electron chi connectivity index (χ1n) is 8.11. The van der Waals surface area contributed by atoms with Gasteiger partial charge >= 0.3 is 0 Å². The molecule has 0 aliphatic rings. The predicted molar refractivity (Wildman–Crippen MR) is 92.2 cm³/mol. The molecule has 21 heavy (non-hydrogen) atoms. The molecule has 0 bridgehead atoms. The molecule has 2 heteroatoms. The van der Waals surface area contributed by atoms with Crippen molar-refractivity contribution in [2.24, 2.45) is 5.41 Å². The lowest BCUT2D eigenvalue weighted by Crippen LogP contribution is -2.45. The fraction of sp³-hybridized carbons (Fsp3) is 0.684. The van der Waals surface area contributed by atoms with Crippen LogP contribution in [0.3, 0.4) is 0 Å². The van der Waals surface area contributed by atoms with Crippen LogP contribution in [-0.2, 0) is 5.41 Å². The fourth-order valence-corrected chi connectivity index (χ4v) is 2.17. The van der Waals surface area contributed by atoms with Gasteiger partial charge in [0.25, 0.3) is 0 Å². The Morgan fingerprint density at radius 2 is 1.76 bits per heavy atom. The van der Waals surface area contributed by atoms with Crippen LogP contribution >= 0.6 is 0 Å². The first kappa shape index (κ1) is 18.0. The molecule has 2 nitrogen and oxygen atoms in total. The van der Waals surface area contributed by atoms with Crippen molar-refractivity contribution < 1.29 is 4.74 Å². The lowest BCUT2D eigenvalue weighted by atomic mass is 9.86. The second kappa shape index (κ2) is 7.31. The smallest absolute Gasteiger partial charge is 0.119 e. The number of ether oxygens (including phenoxy) is 1. The number of nitrogens with one attached hydrogen (secondary N) is 1. The Labute approximate surface area is 131 Å². The molecule has 0 spiro atoms. The topological polar surface area (TPSA) is 21.3 Å². The molecule has 0 saturated carbocycles. The van der Waals surface area contributed by atoms with Gasteiger partial charge in [-0.3, -0.25) is 0 Å². The molecular formula is C19H33NO. The standard InChI is InChI=1S/C19H33NO/c1-8-12-20-17(19(5,6)7)14-21-16-11-9-10-15(13-16)18(2,3)4/h9-11,13,17,20H,8,12,14H2,1-7H3. The number of hydrogen-bond donors (Lipinski definition) is 1. The third-order valence-electron chi connectivity index (χ3n) is 3.80. The first-order chi connectivity index (χ1) is 9.64. The Bertz CT molecular complexity index is 426. The van der Waals surface area contributed by atoms with Gasteiger partial charge in [0.15, 0.2) is 0 Å². The van der Waals surface area contributed by atoms with E-state index in [4.69, 9.17) is 4.74 Å². The van der Waals surface area contributed by atoms with E-state index < -0.39 is 0 Å². The van der Waals surface area contributed by atoms with Crippen LogP contribution in [-0.4, -0.2) is 19.2 Å². The van der Waals surface area contributed by atoms with Crippen LogP contribution in [0.2, 0.25) is 0 Å². The van der Waals surface area contributed by atoms with Gasteiger partial charge < -0.3 is 10.1 Å². The highest BCUT2D eigenvalue weighted by atomic mass is 16.5. The lowest BCUT2D eigenvalue weighted by molar-refractivity contribution is 0.174. The molecule has 120 valence electrons. The Morgan fingerprint density at radius 1 is 1.10 bits per heavy atom. The summed E-state index contributed by atoms with van der Waals surface area (Å²) in [5.74, 6) is 0.968. The molecule has 1 N–H and O–H groups in total. The van der Waals surface area contributed by atoms with Crippen molar-refractivity contribution >= 4 is 0 Å². The monoisotopic (exact) mass is 291 g/mol. The first-order valence-corrected chi connectivity index (χ1v) is 8.11. The predicted octanol–water partition coefficient (Wildman–Crippen LogP) is 4.78. The van der Waals surface area contributed by atoms with E-state index in [1.54, 1.807) is 0 Å². The van der Waals surface area contributed by atoms with Gasteiger partial charge in [0, 0.05) is 6.04 Å². The summed E-state index contributed by atoms with van der Waals surface area (Å²) in [4.78, 5) is 0. The highest BCUT2D eigenvalue weighted by Gasteiger charge is 2.24. The van der Waals surface area contributed by atoms with E-state index in [9.17, 15) is 0 Å². The highest BCUT2D eigenvalue weighted by Crippen LogP contribution is 2.26. The van der Waals surface area contributed by atoms with E-state index >= 15 is 0 Å². The summed E-state index contributed by atoms with van der Waals surface area (Å²) < 4.78 is 6.07. The number of rotatable bonds is 6. The average molecular weight is 291 g/mol. The number of benzene rings is 1. The number of hydrogen-bond acceptors (Lipinski definition) is 2. The Hall–Kier alpha value is -1.02. The molecule has 1 unspecified atom stereocenters. The maximum absolute atomic E-state index is 6.07. The van der Waals surface area contributed by atoms with Crippen molar-refractivity contribution in [3.63, 3.8) is 0 Å². The van der Waals surface area contributed by atoms with Crippen molar-refractivity contribution in [3.8, 4) is 5.75 Å². The van der Waals surface area contributed by atoms with Gasteiger partial charge in [0.05, 0.1) is 0 Å². The maximum Gasteiger partial charge on any atom is 0.119 e. The summed E-state index contributed by atoms with van der Waals surface area (Å²) in [5.41, 5.74) is 1.66. The molecule has 0 heterocycles. The van der Waals surface area contributed by atoms with Gasteiger partial charge in [-0.2, -0.15) is 0 Å². The van der Waals surface area contributed by atoms with Crippen LogP contribution in [0, 0.1) is 5.41 Å². The maximum atomic E-state index is 6.07. The molecule has 0 radical (unpaired) electrons. The summed E-state index contributed by atoms with van der Waals surface area (Å²) in [5, 5.41) is 3.60. The van der Waals surface area contributed by atoms with Crippen LogP contribution in [0.25, 0.3) is 0 Å². The second-order valence-corrected chi connectivity index (χ2v) is 7.96. The zero-order valence-corrected chi connectivity index (χ0v) is 14.9. The van der Waals surface area contributed by atoms with Gasteiger partial charge in [-0.05, 0) is 41.5 Å². The van der Waals surface area contributed by atoms with Crippen molar-refractivity contribution in [1.29, 1.82) is 0 Å². The van der Waals surface area contributed by atoms with Gasteiger partial charge in [-0.15, -0.1) is 0 Å². The van der Waals surface area contributed by atoms with E-state index in [1.165, 1.54) is 5.56 Å². The van der Waals surface area contributed by atoms with Crippen molar-refractivity contribution in [1.82, 2.24) is 5.32 Å². The molecule has 0 amide bonds. The van der Waals surface area contributed by atoms with Crippen LogP contribution in [0.5, 0.6) is 5.75 Å². The average Bonchev–Trinajstić information content (AvgIpc) is 2.36. The van der Waals surface area contributed by atoms with Gasteiger partial charge in [-0.25, -0.2) is 0 Å². The van der Waals surface area contributed by atoms with E-state index in [1.807, 2.05) is 0 Å². The molecule has 0 aliphatic carbocycles. The molecule has 0 aliphatic heterocycles. The van der Waals surface area contributed by atoms with Gasteiger partial charge in [-0.1, -0.05) is 60.6 Å².